The molecule has 0 saturated carbocycles. The zero-order chi connectivity index (χ0) is 24.3. The average Bonchev–Trinajstić information content (AvgIpc) is 3.63. The number of nitrogens with zero attached hydrogens (tertiary/aromatic N) is 4. The predicted molar refractivity (Wildman–Crippen MR) is 145 cm³/mol. The van der Waals surface area contributed by atoms with Crippen LogP contribution < -0.4 is 4.90 Å². The van der Waals surface area contributed by atoms with E-state index in [-0.39, 0.29) is 16.2 Å². The highest BCUT2D eigenvalue weighted by molar-refractivity contribution is 8.07. The smallest absolute Gasteiger partial charge is 0.165 e. The van der Waals surface area contributed by atoms with Crippen molar-refractivity contribution in [1.82, 2.24) is 15.0 Å². The lowest BCUT2D eigenvalue weighted by Crippen LogP contribution is -2.38. The Morgan fingerprint density at radius 3 is 2.49 bits per heavy atom. The largest absolute Gasteiger partial charge is 0.363 e. The van der Waals surface area contributed by atoms with E-state index in [1.807, 2.05) is 60.3 Å². The number of rotatable bonds is 3. The highest BCUT2D eigenvalue weighted by atomic mass is 35.5. The van der Waals surface area contributed by atoms with Crippen LogP contribution in [0.15, 0.2) is 54.6 Å². The number of thioether (sulfide) groups is 1. The van der Waals surface area contributed by atoms with Crippen LogP contribution in [-0.4, -0.2) is 38.9 Å². The molecule has 2 unspecified atom stereocenters. The van der Waals surface area contributed by atoms with Crippen LogP contribution in [0.1, 0.15) is 26.6 Å². The van der Waals surface area contributed by atoms with Crippen molar-refractivity contribution in [3.05, 3.63) is 70.5 Å². The molecule has 2 atom stereocenters. The fraction of sp³-hybridized carbons (Fsp3) is 0.296. The Morgan fingerprint density at radius 1 is 0.971 bits per heavy atom. The lowest BCUT2D eigenvalue weighted by atomic mass is 9.95. The number of benzene rings is 2. The number of hydrogen-bond acceptors (Lipinski definition) is 6. The molecule has 2 fully saturated rings. The second kappa shape index (κ2) is 8.63. The van der Waals surface area contributed by atoms with Gasteiger partial charge in [-0.3, -0.25) is 0 Å². The lowest BCUT2D eigenvalue weighted by molar-refractivity contribution is 0.114. The second-order valence-corrected chi connectivity index (χ2v) is 11.9. The third-order valence-corrected chi connectivity index (χ3v) is 7.96. The van der Waals surface area contributed by atoms with Gasteiger partial charge in [-0.25, -0.2) is 15.0 Å². The van der Waals surface area contributed by atoms with Crippen molar-refractivity contribution in [1.29, 1.82) is 0 Å². The Balaban J connectivity index is 1.65. The molecule has 0 aliphatic carbocycles. The van der Waals surface area contributed by atoms with Gasteiger partial charge in [-0.05, 0) is 29.8 Å². The zero-order valence-electron chi connectivity index (χ0n) is 19.6. The van der Waals surface area contributed by atoms with Gasteiger partial charge in [-0.15, -0.1) is 0 Å². The summed E-state index contributed by atoms with van der Waals surface area (Å²) in [7, 11) is 0. The van der Waals surface area contributed by atoms with Gasteiger partial charge in [-0.2, -0.15) is 0 Å². The zero-order valence-corrected chi connectivity index (χ0v) is 22.0. The number of aromatic nitrogens is 3. The molecule has 0 amide bonds. The van der Waals surface area contributed by atoms with Crippen molar-refractivity contribution in [2.24, 2.45) is 0 Å². The maximum absolute atomic E-state index is 6.66. The molecule has 0 N–H and O–H groups in total. The molecule has 4 heterocycles. The summed E-state index contributed by atoms with van der Waals surface area (Å²) in [6.45, 7) is 7.85. The number of halogens is 2. The topological polar surface area (TPSA) is 51.1 Å². The quantitative estimate of drug-likeness (QED) is 0.265. The molecule has 2 saturated heterocycles. The Bertz CT molecular complexity index is 1440. The van der Waals surface area contributed by atoms with E-state index in [1.54, 1.807) is 0 Å². The molecular weight excluding hydrogens is 499 g/mol. The van der Waals surface area contributed by atoms with Crippen molar-refractivity contribution in [2.45, 2.75) is 37.0 Å². The molecule has 2 aliphatic rings. The van der Waals surface area contributed by atoms with E-state index in [4.69, 9.17) is 42.9 Å². The van der Waals surface area contributed by atoms with E-state index in [2.05, 4.69) is 31.7 Å². The van der Waals surface area contributed by atoms with E-state index in [0.717, 1.165) is 46.0 Å². The standard InChI is InChI=1S/C27H24Cl2N4OS/c1-27(2,3)26-31-22-19(23(32-26)33-12-13-34-25-24(33)35-25)14-18(15-8-10-16(28)11-9-15)21(30-22)17-6-4-5-7-20(17)29/h4-11,14,24-25H,12-13H2,1-3H3. The molecule has 0 radical (unpaired) electrons. The first kappa shape index (κ1) is 23.0. The van der Waals surface area contributed by atoms with Crippen LogP contribution in [0, 0.1) is 0 Å². The van der Waals surface area contributed by atoms with Gasteiger partial charge in [0.15, 0.2) is 5.65 Å². The number of pyridine rings is 1. The number of fused-ring (bicyclic) bond motifs is 2. The van der Waals surface area contributed by atoms with Gasteiger partial charge in [0.05, 0.1) is 17.7 Å². The van der Waals surface area contributed by atoms with Crippen LogP contribution in [0.5, 0.6) is 0 Å². The highest BCUT2D eigenvalue weighted by Crippen LogP contribution is 2.49. The van der Waals surface area contributed by atoms with Gasteiger partial charge in [0.1, 0.15) is 22.5 Å². The normalized spacial score (nSPS) is 19.6. The highest BCUT2D eigenvalue weighted by Gasteiger charge is 2.48. The summed E-state index contributed by atoms with van der Waals surface area (Å²) in [5.74, 6) is 1.68. The summed E-state index contributed by atoms with van der Waals surface area (Å²) >= 11 is 14.7. The summed E-state index contributed by atoms with van der Waals surface area (Å²) in [4.78, 5) is 17.5. The minimum atomic E-state index is -0.230. The summed E-state index contributed by atoms with van der Waals surface area (Å²) in [6, 6.07) is 17.8. The van der Waals surface area contributed by atoms with Crippen LogP contribution in [0.25, 0.3) is 33.4 Å². The Labute approximate surface area is 218 Å². The molecule has 5 nitrogen and oxygen atoms in total. The molecule has 6 rings (SSSR count). The third-order valence-electron chi connectivity index (χ3n) is 6.25. The monoisotopic (exact) mass is 522 g/mol. The molecule has 0 bridgehead atoms. The number of ether oxygens (including phenoxy) is 1. The molecular formula is C27H24Cl2N4OS. The number of anilines is 1. The maximum atomic E-state index is 6.66. The van der Waals surface area contributed by atoms with Crippen LogP contribution in [-0.2, 0) is 10.2 Å². The first-order valence-electron chi connectivity index (χ1n) is 11.6. The van der Waals surface area contributed by atoms with Crippen LogP contribution >= 0.6 is 35.0 Å². The number of morpholine rings is 1. The second-order valence-electron chi connectivity index (χ2n) is 9.82. The lowest BCUT2D eigenvalue weighted by Gasteiger charge is -2.29. The van der Waals surface area contributed by atoms with E-state index < -0.39 is 0 Å². The molecule has 2 aliphatic heterocycles. The fourth-order valence-electron chi connectivity index (χ4n) is 4.36. The van der Waals surface area contributed by atoms with E-state index in [9.17, 15) is 0 Å². The Kier molecular flexibility index (Phi) is 5.68. The summed E-state index contributed by atoms with van der Waals surface area (Å²) in [6.07, 6.45) is 0. The fourth-order valence-corrected chi connectivity index (χ4v) is 5.64. The van der Waals surface area contributed by atoms with Crippen LogP contribution in [0.4, 0.5) is 5.82 Å². The van der Waals surface area contributed by atoms with Gasteiger partial charge < -0.3 is 9.64 Å². The van der Waals surface area contributed by atoms with Crippen molar-refractivity contribution in [3.63, 3.8) is 0 Å². The molecule has 8 heteroatoms. The Hall–Kier alpha value is -2.38. The van der Waals surface area contributed by atoms with E-state index in [1.165, 1.54) is 0 Å². The summed E-state index contributed by atoms with van der Waals surface area (Å²) in [5, 5.41) is 2.53. The van der Waals surface area contributed by atoms with Crippen molar-refractivity contribution < 1.29 is 4.74 Å². The maximum Gasteiger partial charge on any atom is 0.165 e. The molecule has 2 aromatic carbocycles. The van der Waals surface area contributed by atoms with E-state index in [0.29, 0.717) is 22.3 Å². The molecule has 35 heavy (non-hydrogen) atoms. The number of hydrogen-bond donors (Lipinski definition) is 0. The molecule has 178 valence electrons. The first-order chi connectivity index (χ1) is 16.8. The van der Waals surface area contributed by atoms with Crippen LogP contribution in [0.3, 0.4) is 0 Å². The summed E-state index contributed by atoms with van der Waals surface area (Å²) in [5.41, 5.74) is 4.26. The minimum absolute atomic E-state index is 0.206. The SMILES string of the molecule is CC(C)(C)c1nc(N2CCOC3SC32)c2cc(-c3ccc(Cl)cc3)c(-c3ccccc3Cl)nc2n1. The van der Waals surface area contributed by atoms with Crippen molar-refractivity contribution >= 4 is 51.8 Å². The van der Waals surface area contributed by atoms with Gasteiger partial charge in [0.2, 0.25) is 0 Å². The van der Waals surface area contributed by atoms with Crippen LogP contribution in [0.2, 0.25) is 10.0 Å². The molecule has 0 spiro atoms. The molecule has 2 aromatic heterocycles. The third kappa shape index (κ3) is 4.27. The van der Waals surface area contributed by atoms with Gasteiger partial charge >= 0.3 is 0 Å². The Morgan fingerprint density at radius 2 is 1.74 bits per heavy atom. The van der Waals surface area contributed by atoms with E-state index >= 15 is 0 Å². The van der Waals surface area contributed by atoms with Crippen molar-refractivity contribution in [3.8, 4) is 22.4 Å². The average molecular weight is 523 g/mol. The predicted octanol–water partition coefficient (Wildman–Crippen LogP) is 7.20. The van der Waals surface area contributed by atoms with Gasteiger partial charge in [0, 0.05) is 33.1 Å². The minimum Gasteiger partial charge on any atom is -0.363 e. The van der Waals surface area contributed by atoms with Crippen molar-refractivity contribution in [2.75, 3.05) is 18.1 Å². The van der Waals surface area contributed by atoms with Gasteiger partial charge in [-0.1, -0.05) is 86.1 Å². The molecule has 4 aromatic rings. The van der Waals surface area contributed by atoms with Gasteiger partial charge in [0.25, 0.3) is 0 Å². The summed E-state index contributed by atoms with van der Waals surface area (Å²) < 4.78 is 5.84. The first-order valence-corrected chi connectivity index (χ1v) is 13.3.